The van der Waals surface area contributed by atoms with E-state index in [1.165, 1.54) is 19.2 Å². The van der Waals surface area contributed by atoms with Gasteiger partial charge >= 0.3 is 0 Å². The molecule has 9 heteroatoms. The molecule has 0 radical (unpaired) electrons. The highest BCUT2D eigenvalue weighted by Gasteiger charge is 2.27. The van der Waals surface area contributed by atoms with Crippen molar-refractivity contribution in [2.75, 3.05) is 13.7 Å². The molecule has 31 heavy (non-hydrogen) atoms. The predicted molar refractivity (Wildman–Crippen MR) is 116 cm³/mol. The molecule has 0 atom stereocenters. The summed E-state index contributed by atoms with van der Waals surface area (Å²) in [6.07, 6.45) is 2.75. The third-order valence-electron chi connectivity index (χ3n) is 5.48. The largest absolute Gasteiger partial charge is 0.497 e. The Kier molecular flexibility index (Phi) is 7.64. The summed E-state index contributed by atoms with van der Waals surface area (Å²) in [5, 5.41) is 0. The first-order valence-corrected chi connectivity index (χ1v) is 11.7. The maximum atomic E-state index is 12.5. The summed E-state index contributed by atoms with van der Waals surface area (Å²) in [5.41, 5.74) is 5.40. The van der Waals surface area contributed by atoms with Gasteiger partial charge in [-0.25, -0.2) is 13.1 Å². The van der Waals surface area contributed by atoms with Crippen LogP contribution in [0.4, 0.5) is 0 Å². The van der Waals surface area contributed by atoms with Crippen LogP contribution in [0.3, 0.4) is 0 Å². The Bertz CT molecular complexity index is 986. The Morgan fingerprint density at radius 2 is 1.58 bits per heavy atom. The molecule has 3 rings (SSSR count). The molecule has 8 nitrogen and oxygen atoms in total. The van der Waals surface area contributed by atoms with E-state index < -0.39 is 10.0 Å². The third-order valence-corrected chi connectivity index (χ3v) is 6.92. The minimum absolute atomic E-state index is 0.163. The number of methoxy groups -OCH3 is 1. The second-order valence-electron chi connectivity index (χ2n) is 7.55. The summed E-state index contributed by atoms with van der Waals surface area (Å²) in [4.78, 5) is 24.6. The predicted octanol–water partition coefficient (Wildman–Crippen LogP) is 2.24. The minimum atomic E-state index is -3.59. The maximum Gasteiger partial charge on any atom is 0.269 e. The molecular formula is C22H27N3O5S. The topological polar surface area (TPSA) is 114 Å². The van der Waals surface area contributed by atoms with Crippen molar-refractivity contribution in [3.8, 4) is 5.75 Å². The number of nitrogens with one attached hydrogen (secondary N) is 3. The Morgan fingerprint density at radius 1 is 0.935 bits per heavy atom. The van der Waals surface area contributed by atoms with E-state index in [4.69, 9.17) is 4.74 Å². The SMILES string of the molecule is COc1ccc(S(=O)(=O)NCC2CCC(C(=O)NNC(=O)c3ccccc3)CC2)cc1. The molecule has 1 fully saturated rings. The van der Waals surface area contributed by atoms with Crippen LogP contribution in [0.2, 0.25) is 0 Å². The average molecular weight is 446 g/mol. The third kappa shape index (κ3) is 6.28. The fraction of sp³-hybridized carbons (Fsp3) is 0.364. The first kappa shape index (κ1) is 22.8. The summed E-state index contributed by atoms with van der Waals surface area (Å²) in [7, 11) is -2.07. The molecule has 0 aliphatic heterocycles. The number of hydrogen-bond acceptors (Lipinski definition) is 5. The van der Waals surface area contributed by atoms with Gasteiger partial charge in [-0.2, -0.15) is 0 Å². The lowest BCUT2D eigenvalue weighted by molar-refractivity contribution is -0.127. The van der Waals surface area contributed by atoms with E-state index in [0.29, 0.717) is 30.7 Å². The van der Waals surface area contributed by atoms with Gasteiger partial charge < -0.3 is 4.74 Å². The molecule has 166 valence electrons. The zero-order valence-electron chi connectivity index (χ0n) is 17.3. The zero-order chi connectivity index (χ0) is 22.3. The van der Waals surface area contributed by atoms with Gasteiger partial charge in [0.05, 0.1) is 12.0 Å². The van der Waals surface area contributed by atoms with Gasteiger partial charge in [0.25, 0.3) is 5.91 Å². The second kappa shape index (κ2) is 10.4. The lowest BCUT2D eigenvalue weighted by Crippen LogP contribution is -2.45. The Balaban J connectivity index is 1.41. The van der Waals surface area contributed by atoms with Gasteiger partial charge in [-0.3, -0.25) is 20.4 Å². The molecule has 0 saturated heterocycles. The molecule has 1 aliphatic carbocycles. The zero-order valence-corrected chi connectivity index (χ0v) is 18.2. The molecule has 2 aromatic carbocycles. The van der Waals surface area contributed by atoms with E-state index in [9.17, 15) is 18.0 Å². The summed E-state index contributed by atoms with van der Waals surface area (Å²) in [6.45, 7) is 0.327. The first-order valence-electron chi connectivity index (χ1n) is 10.2. The molecule has 0 heterocycles. The first-order chi connectivity index (χ1) is 14.9. The van der Waals surface area contributed by atoms with Gasteiger partial charge in [0, 0.05) is 18.0 Å². The van der Waals surface area contributed by atoms with Gasteiger partial charge in [0.2, 0.25) is 15.9 Å². The van der Waals surface area contributed by atoms with Crippen LogP contribution in [0.1, 0.15) is 36.0 Å². The van der Waals surface area contributed by atoms with Crippen LogP contribution in [0, 0.1) is 11.8 Å². The highest BCUT2D eigenvalue weighted by atomic mass is 32.2. The van der Waals surface area contributed by atoms with Gasteiger partial charge in [0.1, 0.15) is 5.75 Å². The fourth-order valence-electron chi connectivity index (χ4n) is 3.58. The van der Waals surface area contributed by atoms with Crippen LogP contribution in [0.25, 0.3) is 0 Å². The number of carbonyl (C=O) groups is 2. The maximum absolute atomic E-state index is 12.5. The van der Waals surface area contributed by atoms with Crippen molar-refractivity contribution in [2.45, 2.75) is 30.6 Å². The van der Waals surface area contributed by atoms with Crippen molar-refractivity contribution in [2.24, 2.45) is 11.8 Å². The lowest BCUT2D eigenvalue weighted by Gasteiger charge is -2.27. The van der Waals surface area contributed by atoms with Crippen LogP contribution < -0.4 is 20.3 Å². The fourth-order valence-corrected chi connectivity index (χ4v) is 4.69. The number of ether oxygens (including phenoxy) is 1. The summed E-state index contributed by atoms with van der Waals surface area (Å²) in [6, 6.07) is 14.9. The van der Waals surface area contributed by atoms with Crippen LogP contribution in [0.15, 0.2) is 59.5 Å². The quantitative estimate of drug-likeness (QED) is 0.566. The van der Waals surface area contributed by atoms with Gasteiger partial charge in [-0.1, -0.05) is 18.2 Å². The summed E-state index contributed by atoms with van der Waals surface area (Å²) in [5.74, 6) is -0.0332. The van der Waals surface area contributed by atoms with Crippen molar-refractivity contribution < 1.29 is 22.7 Å². The molecule has 2 amide bonds. The van der Waals surface area contributed by atoms with Crippen LogP contribution >= 0.6 is 0 Å². The summed E-state index contributed by atoms with van der Waals surface area (Å²) < 4.78 is 32.6. The van der Waals surface area contributed by atoms with Crippen molar-refractivity contribution in [1.29, 1.82) is 0 Å². The van der Waals surface area contributed by atoms with Crippen molar-refractivity contribution >= 4 is 21.8 Å². The molecule has 0 spiro atoms. The molecule has 3 N–H and O–H groups in total. The van der Waals surface area contributed by atoms with E-state index in [-0.39, 0.29) is 28.5 Å². The molecule has 1 saturated carbocycles. The number of hydrogen-bond donors (Lipinski definition) is 3. The Hall–Kier alpha value is -2.91. The molecular weight excluding hydrogens is 418 g/mol. The smallest absolute Gasteiger partial charge is 0.269 e. The Morgan fingerprint density at radius 3 is 2.19 bits per heavy atom. The van der Waals surface area contributed by atoms with Gasteiger partial charge in [-0.15, -0.1) is 0 Å². The second-order valence-corrected chi connectivity index (χ2v) is 9.32. The summed E-state index contributed by atoms with van der Waals surface area (Å²) >= 11 is 0. The van der Waals surface area contributed by atoms with Crippen LogP contribution in [0.5, 0.6) is 5.75 Å². The van der Waals surface area contributed by atoms with Crippen molar-refractivity contribution in [3.05, 3.63) is 60.2 Å². The molecule has 0 unspecified atom stereocenters. The van der Waals surface area contributed by atoms with E-state index in [1.54, 1.807) is 36.4 Å². The molecule has 1 aliphatic rings. The van der Waals surface area contributed by atoms with Crippen molar-refractivity contribution in [1.82, 2.24) is 15.6 Å². The number of hydrazine groups is 1. The number of rotatable bonds is 7. The van der Waals surface area contributed by atoms with E-state index in [0.717, 1.165) is 12.8 Å². The standard InChI is InChI=1S/C22H27N3O5S/c1-30-19-11-13-20(14-12-19)31(28,29)23-15-16-7-9-18(10-8-16)22(27)25-24-21(26)17-5-3-2-4-6-17/h2-6,11-14,16,18,23H,7-10,15H2,1H3,(H,24,26)(H,25,27). The van der Waals surface area contributed by atoms with Gasteiger partial charge in [0.15, 0.2) is 0 Å². The Labute approximate surface area is 182 Å². The van der Waals surface area contributed by atoms with E-state index >= 15 is 0 Å². The van der Waals surface area contributed by atoms with Gasteiger partial charge in [-0.05, 0) is 68.0 Å². The monoisotopic (exact) mass is 445 g/mol. The number of sulfonamides is 1. The van der Waals surface area contributed by atoms with Crippen molar-refractivity contribution in [3.63, 3.8) is 0 Å². The molecule has 2 aromatic rings. The highest BCUT2D eigenvalue weighted by Crippen LogP contribution is 2.28. The number of amides is 2. The lowest BCUT2D eigenvalue weighted by atomic mass is 9.82. The average Bonchev–Trinajstić information content (AvgIpc) is 2.82. The molecule has 0 bridgehead atoms. The highest BCUT2D eigenvalue weighted by molar-refractivity contribution is 7.89. The number of benzene rings is 2. The van der Waals surface area contributed by atoms with E-state index in [1.807, 2.05) is 6.07 Å². The molecule has 0 aromatic heterocycles. The minimum Gasteiger partial charge on any atom is -0.497 e. The number of carbonyl (C=O) groups excluding carboxylic acids is 2. The van der Waals surface area contributed by atoms with E-state index in [2.05, 4.69) is 15.6 Å². The van der Waals surface area contributed by atoms with Crippen LogP contribution in [-0.2, 0) is 14.8 Å². The normalized spacial score (nSPS) is 18.7. The van der Waals surface area contributed by atoms with Crippen LogP contribution in [-0.4, -0.2) is 33.9 Å².